The summed E-state index contributed by atoms with van der Waals surface area (Å²) in [7, 11) is 4.94. The molecule has 7 atom stereocenters. The predicted octanol–water partition coefficient (Wildman–Crippen LogP) is 3.99. The summed E-state index contributed by atoms with van der Waals surface area (Å²) in [6, 6.07) is 9.23. The zero-order valence-corrected chi connectivity index (χ0v) is 29.5. The molecule has 2 heterocycles. The third-order valence-corrected chi connectivity index (χ3v) is 10.2. The van der Waals surface area contributed by atoms with Crippen LogP contribution in [0.3, 0.4) is 0 Å². The van der Waals surface area contributed by atoms with Crippen molar-refractivity contribution in [3.63, 3.8) is 0 Å². The van der Waals surface area contributed by atoms with Gasteiger partial charge in [-0.1, -0.05) is 57.5 Å². The van der Waals surface area contributed by atoms with Crippen LogP contribution in [0.15, 0.2) is 41.9 Å². The van der Waals surface area contributed by atoms with E-state index in [2.05, 4.69) is 29.5 Å². The van der Waals surface area contributed by atoms with E-state index in [-0.39, 0.29) is 60.8 Å². The first-order valence-electron chi connectivity index (χ1n) is 16.7. The maximum Gasteiger partial charge on any atom is 0.242 e. The van der Waals surface area contributed by atoms with Gasteiger partial charge < -0.3 is 29.9 Å². The quantitative estimate of drug-likeness (QED) is 0.204. The summed E-state index contributed by atoms with van der Waals surface area (Å²) >= 11 is 1.51. The summed E-state index contributed by atoms with van der Waals surface area (Å²) < 4.78 is 11.9. The van der Waals surface area contributed by atoms with Gasteiger partial charge in [0, 0.05) is 45.8 Å². The summed E-state index contributed by atoms with van der Waals surface area (Å²) in [5.41, 5.74) is 1.10. The maximum absolute atomic E-state index is 13.8. The maximum atomic E-state index is 13.8. The Bertz CT molecular complexity index is 1250. The lowest BCUT2D eigenvalue weighted by molar-refractivity contribution is -0.141. The Hall–Kier alpha value is -3.35. The van der Waals surface area contributed by atoms with E-state index in [0.29, 0.717) is 25.8 Å². The van der Waals surface area contributed by atoms with Gasteiger partial charge in [-0.05, 0) is 43.6 Å². The summed E-state index contributed by atoms with van der Waals surface area (Å²) in [6.07, 6.45) is 6.07. The highest BCUT2D eigenvalue weighted by molar-refractivity contribution is 7.09. The third-order valence-electron chi connectivity index (χ3n) is 9.36. The normalized spacial score (nSPS) is 18.4. The van der Waals surface area contributed by atoms with Crippen LogP contribution in [0.25, 0.3) is 0 Å². The number of benzene rings is 1. The van der Waals surface area contributed by atoms with Crippen LogP contribution in [0.5, 0.6) is 0 Å². The molecule has 4 amide bonds. The number of hydrogen-bond acceptors (Lipinski definition) is 8. The molecule has 1 aliphatic rings. The number of hydrogen-bond donors (Lipinski definition) is 2. The molecule has 1 aromatic carbocycles. The van der Waals surface area contributed by atoms with Crippen molar-refractivity contribution in [2.45, 2.75) is 96.1 Å². The molecule has 2 aromatic rings. The smallest absolute Gasteiger partial charge is 0.242 e. The zero-order chi connectivity index (χ0) is 34.3. The number of likely N-dealkylation sites (tertiary alicyclic amines) is 1. The highest BCUT2D eigenvalue weighted by atomic mass is 32.1. The van der Waals surface area contributed by atoms with Crippen molar-refractivity contribution in [1.29, 1.82) is 0 Å². The summed E-state index contributed by atoms with van der Waals surface area (Å²) in [5.74, 6) is -0.767. The van der Waals surface area contributed by atoms with Crippen LogP contribution in [-0.2, 0) is 35.1 Å². The minimum absolute atomic E-state index is 0.0209. The van der Waals surface area contributed by atoms with E-state index in [0.717, 1.165) is 36.3 Å². The number of amides is 4. The fraction of sp³-hybridized carbons (Fsp3) is 0.629. The monoisotopic (exact) mass is 671 g/mol. The van der Waals surface area contributed by atoms with Gasteiger partial charge in [-0.25, -0.2) is 4.98 Å². The molecule has 0 aliphatic carbocycles. The van der Waals surface area contributed by atoms with E-state index in [1.165, 1.54) is 11.3 Å². The zero-order valence-electron chi connectivity index (χ0n) is 28.7. The fourth-order valence-corrected chi connectivity index (χ4v) is 7.62. The Morgan fingerprint density at radius 3 is 2.51 bits per heavy atom. The number of nitrogens with one attached hydrogen (secondary N) is 2. The van der Waals surface area contributed by atoms with Crippen molar-refractivity contribution in [2.75, 3.05) is 34.4 Å². The minimum atomic E-state index is -0.512. The molecular formula is C35H53N5O6S. The van der Waals surface area contributed by atoms with Gasteiger partial charge in [-0.2, -0.15) is 0 Å². The molecule has 1 aliphatic heterocycles. The Morgan fingerprint density at radius 2 is 1.89 bits per heavy atom. The molecule has 0 radical (unpaired) electrons. The van der Waals surface area contributed by atoms with Crippen LogP contribution in [-0.4, -0.2) is 97.6 Å². The molecule has 1 fully saturated rings. The van der Waals surface area contributed by atoms with E-state index in [1.807, 2.05) is 47.5 Å². The number of rotatable bonds is 20. The van der Waals surface area contributed by atoms with Gasteiger partial charge in [0.05, 0.1) is 42.8 Å². The largest absolute Gasteiger partial charge is 0.379 e. The van der Waals surface area contributed by atoms with E-state index in [4.69, 9.17) is 9.47 Å². The molecule has 47 heavy (non-hydrogen) atoms. The van der Waals surface area contributed by atoms with Gasteiger partial charge in [0.1, 0.15) is 5.01 Å². The first-order valence-corrected chi connectivity index (χ1v) is 17.6. The molecule has 0 unspecified atom stereocenters. The number of carbonyl (C=O) groups excluding carboxylic acids is 4. The van der Waals surface area contributed by atoms with Crippen LogP contribution >= 0.6 is 11.3 Å². The van der Waals surface area contributed by atoms with Gasteiger partial charge in [-0.3, -0.25) is 19.2 Å². The van der Waals surface area contributed by atoms with Crippen molar-refractivity contribution < 1.29 is 28.7 Å². The van der Waals surface area contributed by atoms with Crippen molar-refractivity contribution in [1.82, 2.24) is 25.4 Å². The van der Waals surface area contributed by atoms with Crippen LogP contribution in [0, 0.1) is 11.8 Å². The first-order chi connectivity index (χ1) is 22.7. The molecule has 0 spiro atoms. The molecule has 11 nitrogen and oxygen atoms in total. The second-order valence-corrected chi connectivity index (χ2v) is 13.4. The molecule has 0 saturated carbocycles. The van der Waals surface area contributed by atoms with Crippen LogP contribution < -0.4 is 10.6 Å². The standard InChI is InChI=1S/C35H53N5O6S/c1-7-12-24(2)32(39(4)31(43)22-36-23-41)29(45-5)16-17-30(42)40-19-11-15-28(40)33(46-6)25(3)34(44)38-27(35-37-18-20-47-35)21-26-13-9-8-10-14-26/h8-10,13-14,18,20,23-25,27-29,32-33H,7,11-12,15-17,19,21-22H2,1-6H3,(H,36,41)(H,38,44)/t24-,25+,27-,28-,29+,32-,33+/m0/s1. The van der Waals surface area contributed by atoms with E-state index < -0.39 is 12.0 Å². The molecule has 0 bridgehead atoms. The van der Waals surface area contributed by atoms with Gasteiger partial charge in [0.2, 0.25) is 24.1 Å². The molecule has 2 N–H and O–H groups in total. The molecule has 3 rings (SSSR count). The topological polar surface area (TPSA) is 130 Å². The highest BCUT2D eigenvalue weighted by Gasteiger charge is 2.41. The minimum Gasteiger partial charge on any atom is -0.379 e. The van der Waals surface area contributed by atoms with Gasteiger partial charge in [-0.15, -0.1) is 11.3 Å². The number of likely N-dealkylation sites (N-methyl/N-ethyl adjacent to an activating group) is 1. The van der Waals surface area contributed by atoms with Crippen LogP contribution in [0.2, 0.25) is 0 Å². The van der Waals surface area contributed by atoms with E-state index in [9.17, 15) is 19.2 Å². The number of methoxy groups -OCH3 is 2. The average Bonchev–Trinajstić information content (AvgIpc) is 3.79. The fourth-order valence-electron chi connectivity index (χ4n) is 6.93. The average molecular weight is 672 g/mol. The second-order valence-electron chi connectivity index (χ2n) is 12.5. The third kappa shape index (κ3) is 10.6. The van der Waals surface area contributed by atoms with Gasteiger partial charge >= 0.3 is 0 Å². The summed E-state index contributed by atoms with van der Waals surface area (Å²) in [5, 5.41) is 8.41. The number of thiazole rings is 1. The lowest BCUT2D eigenvalue weighted by atomic mass is 9.89. The molecule has 12 heteroatoms. The number of carbonyl (C=O) groups is 4. The molecule has 1 saturated heterocycles. The van der Waals surface area contributed by atoms with Crippen LogP contribution in [0.1, 0.15) is 75.9 Å². The predicted molar refractivity (Wildman–Crippen MR) is 183 cm³/mol. The first kappa shape index (κ1) is 38.1. The molecule has 1 aromatic heterocycles. The van der Waals surface area contributed by atoms with E-state index in [1.54, 1.807) is 32.4 Å². The van der Waals surface area contributed by atoms with Crippen LogP contribution in [0.4, 0.5) is 0 Å². The number of ether oxygens (including phenoxy) is 2. The summed E-state index contributed by atoms with van der Waals surface area (Å²) in [6.45, 7) is 6.54. The Balaban J connectivity index is 1.69. The second kappa shape index (κ2) is 19.5. The molecule has 260 valence electrons. The molecular weight excluding hydrogens is 618 g/mol. The van der Waals surface area contributed by atoms with Crippen molar-refractivity contribution in [2.24, 2.45) is 11.8 Å². The lowest BCUT2D eigenvalue weighted by Gasteiger charge is -2.38. The Morgan fingerprint density at radius 1 is 1.15 bits per heavy atom. The highest BCUT2D eigenvalue weighted by Crippen LogP contribution is 2.30. The Labute approximate surface area is 283 Å². The summed E-state index contributed by atoms with van der Waals surface area (Å²) in [4.78, 5) is 59.1. The van der Waals surface area contributed by atoms with Crippen molar-refractivity contribution >= 4 is 35.5 Å². The van der Waals surface area contributed by atoms with Crippen molar-refractivity contribution in [3.05, 3.63) is 52.5 Å². The SMILES string of the molecule is CCC[C@H](C)[C@@H]([C@@H](CCC(=O)N1CCC[C@H]1[C@H](OC)[C@@H](C)C(=O)N[C@@H](Cc1ccccc1)c1nccs1)OC)N(C)C(=O)CNC=O. The lowest BCUT2D eigenvalue weighted by Crippen LogP contribution is -2.52. The number of aromatic nitrogens is 1. The van der Waals surface area contributed by atoms with Crippen molar-refractivity contribution in [3.8, 4) is 0 Å². The Kier molecular flexibility index (Phi) is 15.8. The van der Waals surface area contributed by atoms with E-state index >= 15 is 0 Å². The van der Waals surface area contributed by atoms with Gasteiger partial charge in [0.15, 0.2) is 0 Å². The van der Waals surface area contributed by atoms with Gasteiger partial charge in [0.25, 0.3) is 0 Å². The number of nitrogens with zero attached hydrogens (tertiary/aromatic N) is 3.